The van der Waals surface area contributed by atoms with Gasteiger partial charge in [0.15, 0.2) is 0 Å². The average molecular weight is 173 g/mol. The SMILES string of the molecule is COC(C)(C)CC1CC(O)CN1. The van der Waals surface area contributed by atoms with Crippen molar-refractivity contribution in [2.24, 2.45) is 0 Å². The lowest BCUT2D eigenvalue weighted by Crippen LogP contribution is -2.33. The van der Waals surface area contributed by atoms with Gasteiger partial charge >= 0.3 is 0 Å². The molecule has 0 saturated carbocycles. The Morgan fingerprint density at radius 3 is 2.67 bits per heavy atom. The summed E-state index contributed by atoms with van der Waals surface area (Å²) in [5, 5.41) is 12.5. The molecule has 3 heteroatoms. The minimum Gasteiger partial charge on any atom is -0.392 e. The summed E-state index contributed by atoms with van der Waals surface area (Å²) in [5.74, 6) is 0. The molecule has 1 aliphatic rings. The molecule has 0 bridgehead atoms. The van der Waals surface area contributed by atoms with E-state index in [0.717, 1.165) is 19.4 Å². The predicted molar refractivity (Wildman–Crippen MR) is 48.1 cm³/mol. The summed E-state index contributed by atoms with van der Waals surface area (Å²) in [6.45, 7) is 4.86. The smallest absolute Gasteiger partial charge is 0.0679 e. The van der Waals surface area contributed by atoms with Crippen molar-refractivity contribution in [3.8, 4) is 0 Å². The molecule has 1 rings (SSSR count). The highest BCUT2D eigenvalue weighted by Crippen LogP contribution is 2.20. The predicted octanol–water partition coefficient (Wildman–Crippen LogP) is 0.524. The Hall–Kier alpha value is -0.120. The standard InChI is InChI=1S/C9H19NO2/c1-9(2,12-3)5-7-4-8(11)6-10-7/h7-8,10-11H,4-6H2,1-3H3. The van der Waals surface area contributed by atoms with Crippen molar-refractivity contribution in [2.45, 2.75) is 44.4 Å². The molecule has 12 heavy (non-hydrogen) atoms. The van der Waals surface area contributed by atoms with E-state index in [1.807, 2.05) is 0 Å². The Morgan fingerprint density at radius 1 is 1.58 bits per heavy atom. The van der Waals surface area contributed by atoms with Gasteiger partial charge in [0.2, 0.25) is 0 Å². The summed E-state index contributed by atoms with van der Waals surface area (Å²) in [7, 11) is 1.73. The second-order valence-corrected chi connectivity index (χ2v) is 4.16. The van der Waals surface area contributed by atoms with Crippen molar-refractivity contribution in [1.82, 2.24) is 5.32 Å². The van der Waals surface area contributed by atoms with Crippen LogP contribution in [0.15, 0.2) is 0 Å². The zero-order valence-corrected chi connectivity index (χ0v) is 8.13. The van der Waals surface area contributed by atoms with Crippen molar-refractivity contribution in [3.05, 3.63) is 0 Å². The summed E-state index contributed by atoms with van der Waals surface area (Å²) >= 11 is 0. The first-order valence-corrected chi connectivity index (χ1v) is 4.50. The molecule has 1 fully saturated rings. The fraction of sp³-hybridized carbons (Fsp3) is 1.00. The lowest BCUT2D eigenvalue weighted by molar-refractivity contribution is 0.00786. The molecule has 0 aromatic rings. The monoisotopic (exact) mass is 173 g/mol. The Bertz CT molecular complexity index is 147. The van der Waals surface area contributed by atoms with E-state index in [4.69, 9.17) is 4.74 Å². The molecular formula is C9H19NO2. The maximum atomic E-state index is 9.27. The number of hydrogen-bond donors (Lipinski definition) is 2. The molecule has 0 radical (unpaired) electrons. The largest absolute Gasteiger partial charge is 0.392 e. The highest BCUT2D eigenvalue weighted by molar-refractivity contribution is 4.86. The number of hydrogen-bond acceptors (Lipinski definition) is 3. The fourth-order valence-corrected chi connectivity index (χ4v) is 1.63. The van der Waals surface area contributed by atoms with Gasteiger partial charge in [-0.05, 0) is 26.7 Å². The zero-order valence-electron chi connectivity index (χ0n) is 8.13. The molecule has 0 aliphatic carbocycles. The van der Waals surface area contributed by atoms with Crippen LogP contribution in [-0.4, -0.2) is 36.5 Å². The van der Waals surface area contributed by atoms with Crippen LogP contribution >= 0.6 is 0 Å². The van der Waals surface area contributed by atoms with Gasteiger partial charge in [-0.15, -0.1) is 0 Å². The topological polar surface area (TPSA) is 41.5 Å². The molecule has 0 amide bonds. The number of aliphatic hydroxyl groups excluding tert-OH is 1. The first kappa shape index (κ1) is 9.96. The van der Waals surface area contributed by atoms with E-state index < -0.39 is 0 Å². The van der Waals surface area contributed by atoms with E-state index in [9.17, 15) is 5.11 Å². The molecule has 1 saturated heterocycles. The molecule has 1 aliphatic heterocycles. The molecule has 1 heterocycles. The zero-order chi connectivity index (χ0) is 9.19. The van der Waals surface area contributed by atoms with E-state index >= 15 is 0 Å². The number of aliphatic hydroxyl groups is 1. The Balaban J connectivity index is 2.32. The highest BCUT2D eigenvalue weighted by atomic mass is 16.5. The van der Waals surface area contributed by atoms with Crippen molar-refractivity contribution >= 4 is 0 Å². The molecule has 2 N–H and O–H groups in total. The van der Waals surface area contributed by atoms with Gasteiger partial charge in [-0.25, -0.2) is 0 Å². The molecule has 0 spiro atoms. The minimum atomic E-state index is -0.164. The van der Waals surface area contributed by atoms with Crippen molar-refractivity contribution in [1.29, 1.82) is 0 Å². The fourth-order valence-electron chi connectivity index (χ4n) is 1.63. The maximum absolute atomic E-state index is 9.27. The summed E-state index contributed by atoms with van der Waals surface area (Å²) in [4.78, 5) is 0. The maximum Gasteiger partial charge on any atom is 0.0679 e. The first-order valence-electron chi connectivity index (χ1n) is 4.50. The van der Waals surface area contributed by atoms with Crippen LogP contribution in [0.25, 0.3) is 0 Å². The molecule has 72 valence electrons. The normalized spacial score (nSPS) is 31.0. The highest BCUT2D eigenvalue weighted by Gasteiger charge is 2.28. The Kier molecular flexibility index (Phi) is 3.09. The van der Waals surface area contributed by atoms with Gasteiger partial charge in [0.05, 0.1) is 11.7 Å². The van der Waals surface area contributed by atoms with Gasteiger partial charge in [-0.2, -0.15) is 0 Å². The lowest BCUT2D eigenvalue weighted by Gasteiger charge is -2.26. The third-order valence-electron chi connectivity index (χ3n) is 2.49. The number of rotatable bonds is 3. The van der Waals surface area contributed by atoms with Gasteiger partial charge in [-0.1, -0.05) is 0 Å². The number of ether oxygens (including phenoxy) is 1. The summed E-state index contributed by atoms with van der Waals surface area (Å²) < 4.78 is 5.31. The third-order valence-corrected chi connectivity index (χ3v) is 2.49. The van der Waals surface area contributed by atoms with Crippen LogP contribution < -0.4 is 5.32 Å². The number of β-amino-alcohol motifs (C(OH)–C–C–N with tert-alkyl or cyclic N) is 1. The van der Waals surface area contributed by atoms with Gasteiger partial charge in [-0.3, -0.25) is 0 Å². The number of methoxy groups -OCH3 is 1. The van der Waals surface area contributed by atoms with Crippen LogP contribution in [0.1, 0.15) is 26.7 Å². The second kappa shape index (κ2) is 3.73. The molecule has 3 nitrogen and oxygen atoms in total. The van der Waals surface area contributed by atoms with Crippen LogP contribution in [0.5, 0.6) is 0 Å². The van der Waals surface area contributed by atoms with Crippen LogP contribution in [0.3, 0.4) is 0 Å². The van der Waals surface area contributed by atoms with Crippen molar-refractivity contribution < 1.29 is 9.84 Å². The Labute approximate surface area is 74.1 Å². The van der Waals surface area contributed by atoms with Crippen molar-refractivity contribution in [3.63, 3.8) is 0 Å². The van der Waals surface area contributed by atoms with E-state index in [-0.39, 0.29) is 11.7 Å². The van der Waals surface area contributed by atoms with Gasteiger partial charge in [0, 0.05) is 19.7 Å². The van der Waals surface area contributed by atoms with Crippen LogP contribution in [-0.2, 0) is 4.74 Å². The molecule has 0 aromatic heterocycles. The molecule has 0 aromatic carbocycles. The second-order valence-electron chi connectivity index (χ2n) is 4.16. The lowest BCUT2D eigenvalue weighted by atomic mass is 9.97. The quantitative estimate of drug-likeness (QED) is 0.654. The van der Waals surface area contributed by atoms with E-state index in [2.05, 4.69) is 19.2 Å². The molecule has 2 atom stereocenters. The minimum absolute atomic E-state index is 0.0816. The first-order chi connectivity index (χ1) is 5.53. The molecular weight excluding hydrogens is 154 g/mol. The third kappa shape index (κ3) is 2.73. The van der Waals surface area contributed by atoms with E-state index in [0.29, 0.717) is 6.04 Å². The van der Waals surface area contributed by atoms with Gasteiger partial charge in [0.1, 0.15) is 0 Å². The van der Waals surface area contributed by atoms with Crippen LogP contribution in [0.4, 0.5) is 0 Å². The molecule has 2 unspecified atom stereocenters. The van der Waals surface area contributed by atoms with Gasteiger partial charge in [0.25, 0.3) is 0 Å². The summed E-state index contributed by atoms with van der Waals surface area (Å²) in [5.41, 5.74) is -0.0816. The van der Waals surface area contributed by atoms with Crippen molar-refractivity contribution in [2.75, 3.05) is 13.7 Å². The summed E-state index contributed by atoms with van der Waals surface area (Å²) in [6.07, 6.45) is 1.65. The summed E-state index contributed by atoms with van der Waals surface area (Å²) in [6, 6.07) is 0.412. The van der Waals surface area contributed by atoms with E-state index in [1.54, 1.807) is 7.11 Å². The Morgan fingerprint density at radius 2 is 2.25 bits per heavy atom. The van der Waals surface area contributed by atoms with Gasteiger partial charge < -0.3 is 15.2 Å². The van der Waals surface area contributed by atoms with Crippen LogP contribution in [0.2, 0.25) is 0 Å². The number of nitrogens with one attached hydrogen (secondary N) is 1. The van der Waals surface area contributed by atoms with E-state index in [1.165, 1.54) is 0 Å². The van der Waals surface area contributed by atoms with Crippen LogP contribution in [0, 0.1) is 0 Å². The average Bonchev–Trinajstić information content (AvgIpc) is 2.35.